The molecule has 0 amide bonds. The Hall–Kier alpha value is -0.0900. The van der Waals surface area contributed by atoms with Gasteiger partial charge in [-0.15, -0.1) is 11.3 Å². The van der Waals surface area contributed by atoms with Crippen molar-refractivity contribution in [2.75, 3.05) is 19.6 Å². The van der Waals surface area contributed by atoms with Gasteiger partial charge in [0, 0.05) is 11.4 Å². The van der Waals surface area contributed by atoms with Crippen LogP contribution >= 0.6 is 22.9 Å². The van der Waals surface area contributed by atoms with Crippen molar-refractivity contribution in [1.29, 1.82) is 0 Å². The van der Waals surface area contributed by atoms with Crippen molar-refractivity contribution in [1.82, 2.24) is 4.90 Å². The standard InChI is InChI=1S/C12H18ClNOS/c13-12-5-4-11(16-12)10(15)6-9-14-7-2-1-3-8-14/h4-5,10,15H,1-3,6-9H2. The molecule has 0 spiro atoms. The largest absolute Gasteiger partial charge is 0.388 e. The lowest BCUT2D eigenvalue weighted by Crippen LogP contribution is -2.31. The third kappa shape index (κ3) is 3.45. The lowest BCUT2D eigenvalue weighted by molar-refractivity contribution is 0.136. The van der Waals surface area contributed by atoms with Crippen LogP contribution in [-0.2, 0) is 0 Å². The Morgan fingerprint density at radius 2 is 2.06 bits per heavy atom. The summed E-state index contributed by atoms with van der Waals surface area (Å²) >= 11 is 7.33. The monoisotopic (exact) mass is 259 g/mol. The van der Waals surface area contributed by atoms with Crippen LogP contribution in [-0.4, -0.2) is 29.6 Å². The van der Waals surface area contributed by atoms with Gasteiger partial charge in [-0.2, -0.15) is 0 Å². The van der Waals surface area contributed by atoms with Crippen molar-refractivity contribution >= 4 is 22.9 Å². The maximum absolute atomic E-state index is 9.99. The summed E-state index contributed by atoms with van der Waals surface area (Å²) in [5, 5.41) is 9.99. The molecule has 90 valence electrons. The molecule has 2 nitrogen and oxygen atoms in total. The lowest BCUT2D eigenvalue weighted by atomic mass is 10.1. The molecule has 0 aromatic carbocycles. The third-order valence-corrected chi connectivity index (χ3v) is 4.42. The Bertz CT molecular complexity index is 323. The molecule has 0 aliphatic carbocycles. The Kier molecular flexibility index (Phi) is 4.65. The topological polar surface area (TPSA) is 23.5 Å². The minimum absolute atomic E-state index is 0.348. The van der Waals surface area contributed by atoms with E-state index in [0.29, 0.717) is 0 Å². The molecule has 16 heavy (non-hydrogen) atoms. The van der Waals surface area contributed by atoms with E-state index >= 15 is 0 Å². The Balaban J connectivity index is 1.76. The van der Waals surface area contributed by atoms with Crippen molar-refractivity contribution in [3.63, 3.8) is 0 Å². The highest BCUT2D eigenvalue weighted by atomic mass is 35.5. The highest BCUT2D eigenvalue weighted by molar-refractivity contribution is 7.16. The fourth-order valence-corrected chi connectivity index (χ4v) is 3.22. The molecule has 1 aromatic rings. The second-order valence-corrected chi connectivity index (χ2v) is 6.10. The van der Waals surface area contributed by atoms with E-state index in [1.165, 1.54) is 43.7 Å². The molecule has 0 saturated carbocycles. The van der Waals surface area contributed by atoms with Crippen LogP contribution in [0.1, 0.15) is 36.7 Å². The van der Waals surface area contributed by atoms with E-state index in [1.807, 2.05) is 12.1 Å². The average molecular weight is 260 g/mol. The SMILES string of the molecule is OC(CCN1CCCCC1)c1ccc(Cl)s1. The summed E-state index contributed by atoms with van der Waals surface area (Å²) in [5.41, 5.74) is 0. The number of hydrogen-bond acceptors (Lipinski definition) is 3. The van der Waals surface area contributed by atoms with Gasteiger partial charge in [0.2, 0.25) is 0 Å². The number of halogens is 1. The molecule has 1 N–H and O–H groups in total. The summed E-state index contributed by atoms with van der Waals surface area (Å²) in [4.78, 5) is 3.43. The van der Waals surface area contributed by atoms with Crippen LogP contribution in [0.3, 0.4) is 0 Å². The highest BCUT2D eigenvalue weighted by Gasteiger charge is 2.14. The molecule has 2 heterocycles. The van der Waals surface area contributed by atoms with E-state index in [4.69, 9.17) is 11.6 Å². The van der Waals surface area contributed by atoms with Crippen LogP contribution in [0.2, 0.25) is 4.34 Å². The summed E-state index contributed by atoms with van der Waals surface area (Å²) in [6.07, 6.45) is 4.44. The first-order valence-corrected chi connectivity index (χ1v) is 7.11. The molecule has 1 aromatic heterocycles. The summed E-state index contributed by atoms with van der Waals surface area (Å²) in [6.45, 7) is 3.38. The summed E-state index contributed by atoms with van der Waals surface area (Å²) < 4.78 is 0.757. The summed E-state index contributed by atoms with van der Waals surface area (Å²) in [7, 11) is 0. The van der Waals surface area contributed by atoms with E-state index in [1.54, 1.807) is 0 Å². The highest BCUT2D eigenvalue weighted by Crippen LogP contribution is 2.28. The van der Waals surface area contributed by atoms with Crippen LogP contribution in [0.4, 0.5) is 0 Å². The fourth-order valence-electron chi connectivity index (χ4n) is 2.14. The Morgan fingerprint density at radius 1 is 1.31 bits per heavy atom. The number of piperidine rings is 1. The van der Waals surface area contributed by atoms with Crippen molar-refractivity contribution in [3.05, 3.63) is 21.3 Å². The molecular weight excluding hydrogens is 242 g/mol. The van der Waals surface area contributed by atoms with Crippen molar-refractivity contribution in [2.45, 2.75) is 31.8 Å². The molecule has 4 heteroatoms. The maximum Gasteiger partial charge on any atom is 0.0932 e. The molecule has 0 radical (unpaired) electrons. The lowest BCUT2D eigenvalue weighted by Gasteiger charge is -2.27. The van der Waals surface area contributed by atoms with Gasteiger partial charge in [0.15, 0.2) is 0 Å². The number of likely N-dealkylation sites (tertiary alicyclic amines) is 1. The molecule has 1 atom stereocenters. The Morgan fingerprint density at radius 3 is 2.69 bits per heavy atom. The van der Waals surface area contributed by atoms with Gasteiger partial charge in [-0.3, -0.25) is 0 Å². The van der Waals surface area contributed by atoms with Gasteiger partial charge in [0.25, 0.3) is 0 Å². The first-order valence-electron chi connectivity index (χ1n) is 5.91. The number of nitrogens with zero attached hydrogens (tertiary/aromatic N) is 1. The van der Waals surface area contributed by atoms with Crippen LogP contribution in [0.25, 0.3) is 0 Å². The zero-order chi connectivity index (χ0) is 11.4. The van der Waals surface area contributed by atoms with E-state index in [2.05, 4.69) is 4.90 Å². The van der Waals surface area contributed by atoms with E-state index in [0.717, 1.165) is 22.2 Å². The van der Waals surface area contributed by atoms with Gasteiger partial charge < -0.3 is 10.0 Å². The quantitative estimate of drug-likeness (QED) is 0.897. The van der Waals surface area contributed by atoms with E-state index < -0.39 is 0 Å². The van der Waals surface area contributed by atoms with Gasteiger partial charge in [-0.1, -0.05) is 18.0 Å². The number of hydrogen-bond donors (Lipinski definition) is 1. The first kappa shape index (κ1) is 12.4. The normalized spacial score (nSPS) is 19.9. The zero-order valence-corrected chi connectivity index (χ0v) is 10.9. The molecule has 2 rings (SSSR count). The van der Waals surface area contributed by atoms with Gasteiger partial charge >= 0.3 is 0 Å². The number of aliphatic hydroxyl groups is 1. The van der Waals surface area contributed by atoms with Gasteiger partial charge in [-0.25, -0.2) is 0 Å². The second kappa shape index (κ2) is 6.01. The molecule has 1 aliphatic heterocycles. The minimum atomic E-state index is -0.348. The summed E-state index contributed by atoms with van der Waals surface area (Å²) in [6, 6.07) is 3.78. The molecule has 1 saturated heterocycles. The molecular formula is C12H18ClNOS. The second-order valence-electron chi connectivity index (χ2n) is 4.35. The average Bonchev–Trinajstić information content (AvgIpc) is 2.74. The van der Waals surface area contributed by atoms with Crippen LogP contribution in [0, 0.1) is 0 Å². The van der Waals surface area contributed by atoms with Crippen molar-refractivity contribution in [3.8, 4) is 0 Å². The summed E-state index contributed by atoms with van der Waals surface area (Å²) in [5.74, 6) is 0. The fraction of sp³-hybridized carbons (Fsp3) is 0.667. The van der Waals surface area contributed by atoms with Gasteiger partial charge in [0.05, 0.1) is 10.4 Å². The van der Waals surface area contributed by atoms with Crippen LogP contribution in [0.15, 0.2) is 12.1 Å². The number of rotatable bonds is 4. The Labute approximate surface area is 106 Å². The zero-order valence-electron chi connectivity index (χ0n) is 9.36. The van der Waals surface area contributed by atoms with Crippen LogP contribution in [0.5, 0.6) is 0 Å². The third-order valence-electron chi connectivity index (χ3n) is 3.09. The maximum atomic E-state index is 9.99. The van der Waals surface area contributed by atoms with Crippen molar-refractivity contribution in [2.24, 2.45) is 0 Å². The predicted molar refractivity (Wildman–Crippen MR) is 69.2 cm³/mol. The molecule has 1 unspecified atom stereocenters. The first-order chi connectivity index (χ1) is 7.75. The number of thiophene rings is 1. The molecule has 0 bridgehead atoms. The van der Waals surface area contributed by atoms with Crippen molar-refractivity contribution < 1.29 is 5.11 Å². The van der Waals surface area contributed by atoms with Gasteiger partial charge in [-0.05, 0) is 44.5 Å². The molecule has 1 fully saturated rings. The van der Waals surface area contributed by atoms with E-state index in [-0.39, 0.29) is 6.10 Å². The van der Waals surface area contributed by atoms with E-state index in [9.17, 15) is 5.11 Å². The molecule has 1 aliphatic rings. The number of aliphatic hydroxyl groups excluding tert-OH is 1. The smallest absolute Gasteiger partial charge is 0.0932 e. The minimum Gasteiger partial charge on any atom is -0.388 e. The van der Waals surface area contributed by atoms with Crippen LogP contribution < -0.4 is 0 Å². The predicted octanol–water partition coefficient (Wildman–Crippen LogP) is 3.31. The van der Waals surface area contributed by atoms with Gasteiger partial charge in [0.1, 0.15) is 0 Å².